The smallest absolute Gasteiger partial charge is 0.147 e. The van der Waals surface area contributed by atoms with Crippen LogP contribution in [0.5, 0.6) is 0 Å². The van der Waals surface area contributed by atoms with Gasteiger partial charge in [-0.1, -0.05) is 24.3 Å². The van der Waals surface area contributed by atoms with Crippen molar-refractivity contribution in [1.29, 1.82) is 0 Å². The van der Waals surface area contributed by atoms with E-state index >= 15 is 0 Å². The summed E-state index contributed by atoms with van der Waals surface area (Å²) < 4.78 is 2.29. The number of aliphatic hydroxyl groups excluding tert-OH is 1. The molecule has 7 heteroatoms. The zero-order valence-electron chi connectivity index (χ0n) is 16.8. The molecule has 1 aliphatic carbocycles. The maximum absolute atomic E-state index is 9.53. The Hall–Kier alpha value is -1.80. The average Bonchev–Trinajstić information content (AvgIpc) is 3.09. The molecule has 0 amide bonds. The van der Waals surface area contributed by atoms with E-state index in [4.69, 9.17) is 5.73 Å². The van der Waals surface area contributed by atoms with Crippen LogP contribution in [0.15, 0.2) is 24.3 Å². The Bertz CT molecular complexity index is 777. The third kappa shape index (κ3) is 4.12. The third-order valence-corrected chi connectivity index (χ3v) is 6.22. The number of nitrogens with two attached hydrogens (primary N) is 1. The Morgan fingerprint density at radius 3 is 2.25 bits per heavy atom. The first kappa shape index (κ1) is 19.5. The third-order valence-electron chi connectivity index (χ3n) is 6.22. The highest BCUT2D eigenvalue weighted by molar-refractivity contribution is 5.26. The maximum Gasteiger partial charge on any atom is 0.147 e. The number of aliphatic hydroxyl groups is 1. The zero-order valence-corrected chi connectivity index (χ0v) is 16.8. The highest BCUT2D eigenvalue weighted by Gasteiger charge is 2.32. The minimum Gasteiger partial charge on any atom is -0.392 e. The van der Waals surface area contributed by atoms with E-state index in [1.165, 1.54) is 5.56 Å². The van der Waals surface area contributed by atoms with E-state index in [9.17, 15) is 5.11 Å². The molecule has 0 atom stereocenters. The number of aromatic nitrogens is 3. The van der Waals surface area contributed by atoms with Crippen molar-refractivity contribution in [3.63, 3.8) is 0 Å². The van der Waals surface area contributed by atoms with Crippen molar-refractivity contribution in [2.45, 2.75) is 58.0 Å². The lowest BCUT2D eigenvalue weighted by Gasteiger charge is -2.35. The number of benzene rings is 1. The van der Waals surface area contributed by atoms with Crippen LogP contribution in [0.2, 0.25) is 0 Å². The Labute approximate surface area is 167 Å². The summed E-state index contributed by atoms with van der Waals surface area (Å²) in [6, 6.07) is 8.50. The molecule has 2 heterocycles. The Kier molecular flexibility index (Phi) is 6.06. The van der Waals surface area contributed by atoms with Crippen LogP contribution >= 0.6 is 0 Å². The summed E-state index contributed by atoms with van der Waals surface area (Å²) in [6.45, 7) is 9.09. The molecular weight excluding hydrogens is 352 g/mol. The Balaban J connectivity index is 1.32. The van der Waals surface area contributed by atoms with E-state index in [-0.39, 0.29) is 6.61 Å². The topological polar surface area (TPSA) is 83.4 Å². The molecule has 1 aromatic carbocycles. The van der Waals surface area contributed by atoms with Gasteiger partial charge in [0.25, 0.3) is 0 Å². The molecule has 0 radical (unpaired) electrons. The molecule has 1 saturated carbocycles. The second-order valence-electron chi connectivity index (χ2n) is 8.13. The lowest BCUT2D eigenvalue weighted by atomic mass is 9.80. The van der Waals surface area contributed by atoms with Gasteiger partial charge in [0.1, 0.15) is 11.6 Å². The van der Waals surface area contributed by atoms with Crippen molar-refractivity contribution < 1.29 is 5.11 Å². The summed E-state index contributed by atoms with van der Waals surface area (Å²) in [5.41, 5.74) is 8.22. The average molecular weight is 385 g/mol. The lowest BCUT2D eigenvalue weighted by molar-refractivity contribution is 0.118. The van der Waals surface area contributed by atoms with Gasteiger partial charge in [-0.25, -0.2) is 0 Å². The standard InChI is InChI=1S/C21H32N6O/c1-2-27-20(23-24-21(27)18-11-19(22)12-18)14-26-9-7-25(8-10-26)13-16-5-3-4-6-17(16)15-28/h3-6,18-19,28H,2,7-15,22H2,1H3. The van der Waals surface area contributed by atoms with Gasteiger partial charge in [-0.15, -0.1) is 10.2 Å². The van der Waals surface area contributed by atoms with Gasteiger partial charge < -0.3 is 15.4 Å². The van der Waals surface area contributed by atoms with E-state index in [2.05, 4.69) is 43.6 Å². The van der Waals surface area contributed by atoms with Crippen molar-refractivity contribution in [3.05, 3.63) is 47.0 Å². The molecule has 0 unspecified atom stereocenters. The fraction of sp³-hybridized carbons (Fsp3) is 0.619. The SMILES string of the molecule is CCn1c(CN2CCN(Cc3ccccc3CO)CC2)nnc1C1CC(N)C1. The molecule has 2 aliphatic rings. The summed E-state index contributed by atoms with van der Waals surface area (Å²) in [6.07, 6.45) is 2.07. The Morgan fingerprint density at radius 1 is 1.00 bits per heavy atom. The molecule has 3 N–H and O–H groups in total. The molecule has 2 aromatic rings. The fourth-order valence-electron chi connectivity index (χ4n) is 4.40. The van der Waals surface area contributed by atoms with Crippen LogP contribution in [-0.4, -0.2) is 61.9 Å². The largest absolute Gasteiger partial charge is 0.392 e. The van der Waals surface area contributed by atoms with Crippen molar-refractivity contribution >= 4 is 0 Å². The molecule has 0 spiro atoms. The summed E-state index contributed by atoms with van der Waals surface area (Å²) >= 11 is 0. The predicted molar refractivity (Wildman–Crippen MR) is 109 cm³/mol. The predicted octanol–water partition coefficient (Wildman–Crippen LogP) is 1.31. The van der Waals surface area contributed by atoms with Gasteiger partial charge in [-0.05, 0) is 30.9 Å². The van der Waals surface area contributed by atoms with Gasteiger partial charge in [0.2, 0.25) is 0 Å². The number of piperazine rings is 1. The Morgan fingerprint density at radius 2 is 1.64 bits per heavy atom. The van der Waals surface area contributed by atoms with Gasteiger partial charge in [0.05, 0.1) is 13.2 Å². The van der Waals surface area contributed by atoms with E-state index in [1.807, 2.05) is 12.1 Å². The van der Waals surface area contributed by atoms with E-state index in [0.717, 1.165) is 75.9 Å². The van der Waals surface area contributed by atoms with Crippen molar-refractivity contribution in [2.24, 2.45) is 5.73 Å². The highest BCUT2D eigenvalue weighted by Crippen LogP contribution is 2.34. The molecule has 7 nitrogen and oxygen atoms in total. The first-order valence-corrected chi connectivity index (χ1v) is 10.5. The molecule has 4 rings (SSSR count). The van der Waals surface area contributed by atoms with E-state index < -0.39 is 0 Å². The number of hydrogen-bond acceptors (Lipinski definition) is 6. The number of rotatable bonds is 7. The fourth-order valence-corrected chi connectivity index (χ4v) is 4.40. The molecule has 28 heavy (non-hydrogen) atoms. The van der Waals surface area contributed by atoms with Crippen molar-refractivity contribution in [3.8, 4) is 0 Å². The molecule has 0 bridgehead atoms. The number of nitrogens with zero attached hydrogens (tertiary/aromatic N) is 5. The van der Waals surface area contributed by atoms with Crippen LogP contribution in [0.25, 0.3) is 0 Å². The highest BCUT2D eigenvalue weighted by atomic mass is 16.3. The van der Waals surface area contributed by atoms with Crippen LogP contribution in [0.3, 0.4) is 0 Å². The summed E-state index contributed by atoms with van der Waals surface area (Å²) in [7, 11) is 0. The first-order chi connectivity index (χ1) is 13.7. The summed E-state index contributed by atoms with van der Waals surface area (Å²) in [5, 5.41) is 18.5. The summed E-state index contributed by atoms with van der Waals surface area (Å²) in [5.74, 6) is 2.69. The van der Waals surface area contributed by atoms with Gasteiger partial charge in [0, 0.05) is 51.2 Å². The van der Waals surface area contributed by atoms with Gasteiger partial charge in [-0.3, -0.25) is 9.80 Å². The molecule has 1 aromatic heterocycles. The van der Waals surface area contributed by atoms with Crippen LogP contribution in [0.1, 0.15) is 48.5 Å². The molecule has 1 saturated heterocycles. The maximum atomic E-state index is 9.53. The number of hydrogen-bond donors (Lipinski definition) is 2. The molecule has 152 valence electrons. The monoisotopic (exact) mass is 384 g/mol. The van der Waals surface area contributed by atoms with Crippen LogP contribution < -0.4 is 5.73 Å². The summed E-state index contributed by atoms with van der Waals surface area (Å²) in [4.78, 5) is 4.94. The second-order valence-corrected chi connectivity index (χ2v) is 8.13. The minimum absolute atomic E-state index is 0.108. The zero-order chi connectivity index (χ0) is 19.5. The normalized spacial score (nSPS) is 23.7. The van der Waals surface area contributed by atoms with Gasteiger partial charge in [-0.2, -0.15) is 0 Å². The van der Waals surface area contributed by atoms with Crippen LogP contribution in [0.4, 0.5) is 0 Å². The van der Waals surface area contributed by atoms with Gasteiger partial charge in [0.15, 0.2) is 0 Å². The van der Waals surface area contributed by atoms with E-state index in [1.54, 1.807) is 0 Å². The van der Waals surface area contributed by atoms with E-state index in [0.29, 0.717) is 12.0 Å². The van der Waals surface area contributed by atoms with Crippen LogP contribution in [-0.2, 0) is 26.2 Å². The molecular formula is C21H32N6O. The van der Waals surface area contributed by atoms with Gasteiger partial charge >= 0.3 is 0 Å². The first-order valence-electron chi connectivity index (χ1n) is 10.5. The molecule has 2 fully saturated rings. The quantitative estimate of drug-likeness (QED) is 0.749. The minimum atomic E-state index is 0.108. The molecule has 1 aliphatic heterocycles. The van der Waals surface area contributed by atoms with Crippen molar-refractivity contribution in [2.75, 3.05) is 26.2 Å². The van der Waals surface area contributed by atoms with Crippen molar-refractivity contribution in [1.82, 2.24) is 24.6 Å². The van der Waals surface area contributed by atoms with Crippen LogP contribution in [0, 0.1) is 0 Å². The lowest BCUT2D eigenvalue weighted by Crippen LogP contribution is -2.45. The second kappa shape index (κ2) is 8.69.